The third-order valence-corrected chi connectivity index (χ3v) is 3.75. The smallest absolute Gasteiger partial charge is 0.273 e. The molecule has 1 N–H and O–H groups in total. The molecule has 0 heterocycles. The molecule has 0 aliphatic carbocycles. The maximum absolute atomic E-state index is 12.4. The molecule has 2 aromatic carbocycles. The van der Waals surface area contributed by atoms with Crippen LogP contribution in [0.25, 0.3) is 0 Å². The average molecular weight is 298 g/mol. The molecule has 0 aromatic heterocycles. The summed E-state index contributed by atoms with van der Waals surface area (Å²) in [5.41, 5.74) is 2.78. The topological polar surface area (TPSA) is 72.2 Å². The third-order valence-electron chi connectivity index (χ3n) is 3.75. The number of benzene rings is 2. The number of aryl methyl sites for hydroxylation is 1. The Bertz CT molecular complexity index is 726. The summed E-state index contributed by atoms with van der Waals surface area (Å²) in [5.74, 6) is -0.308. The van der Waals surface area contributed by atoms with Gasteiger partial charge in [0.1, 0.15) is 0 Å². The monoisotopic (exact) mass is 298 g/mol. The van der Waals surface area contributed by atoms with Gasteiger partial charge < -0.3 is 5.32 Å². The summed E-state index contributed by atoms with van der Waals surface area (Å²) >= 11 is 0. The quantitative estimate of drug-likeness (QED) is 0.691. The molecular weight excluding hydrogens is 280 g/mol. The Labute approximate surface area is 129 Å². The van der Waals surface area contributed by atoms with Crippen molar-refractivity contribution in [1.82, 2.24) is 5.32 Å². The Morgan fingerprint density at radius 1 is 1.14 bits per heavy atom. The van der Waals surface area contributed by atoms with Crippen molar-refractivity contribution < 1.29 is 9.72 Å². The number of amides is 1. The molecule has 22 heavy (non-hydrogen) atoms. The normalized spacial score (nSPS) is 11.8. The van der Waals surface area contributed by atoms with Gasteiger partial charge in [0.15, 0.2) is 0 Å². The summed E-state index contributed by atoms with van der Waals surface area (Å²) in [4.78, 5) is 22.9. The Balaban J connectivity index is 2.25. The molecule has 0 aliphatic rings. The lowest BCUT2D eigenvalue weighted by Crippen LogP contribution is -2.27. The van der Waals surface area contributed by atoms with Gasteiger partial charge in [-0.1, -0.05) is 30.3 Å². The second kappa shape index (κ2) is 6.39. The lowest BCUT2D eigenvalue weighted by atomic mass is 10.0. The van der Waals surface area contributed by atoms with Gasteiger partial charge in [0, 0.05) is 17.2 Å². The first kappa shape index (κ1) is 15.7. The molecule has 2 rings (SSSR count). The Hall–Kier alpha value is -2.69. The van der Waals surface area contributed by atoms with Crippen LogP contribution in [0.1, 0.15) is 40.0 Å². The molecule has 5 heteroatoms. The van der Waals surface area contributed by atoms with Gasteiger partial charge in [-0.3, -0.25) is 14.9 Å². The Morgan fingerprint density at radius 3 is 2.45 bits per heavy atom. The highest BCUT2D eigenvalue weighted by Crippen LogP contribution is 2.22. The minimum absolute atomic E-state index is 0.0452. The number of nitro groups is 1. The van der Waals surface area contributed by atoms with E-state index in [2.05, 4.69) is 5.32 Å². The number of nitro benzene ring substituents is 1. The highest BCUT2D eigenvalue weighted by atomic mass is 16.6. The Kier molecular flexibility index (Phi) is 4.56. The minimum atomic E-state index is -0.475. The zero-order chi connectivity index (χ0) is 16.3. The molecule has 5 nitrogen and oxygen atoms in total. The van der Waals surface area contributed by atoms with E-state index in [1.807, 2.05) is 38.1 Å². The van der Waals surface area contributed by atoms with Crippen LogP contribution in [-0.2, 0) is 0 Å². The van der Waals surface area contributed by atoms with Crippen molar-refractivity contribution in [2.45, 2.75) is 26.8 Å². The first-order valence-corrected chi connectivity index (χ1v) is 7.02. The number of carbonyl (C=O) groups excluding carboxylic acids is 1. The largest absolute Gasteiger partial charge is 0.345 e. The first-order chi connectivity index (χ1) is 10.4. The number of nitrogens with zero attached hydrogens (tertiary/aromatic N) is 1. The molecule has 0 saturated heterocycles. The maximum atomic E-state index is 12.4. The van der Waals surface area contributed by atoms with E-state index in [1.165, 1.54) is 12.1 Å². The summed E-state index contributed by atoms with van der Waals surface area (Å²) in [5, 5.41) is 13.9. The van der Waals surface area contributed by atoms with Crippen molar-refractivity contribution in [3.05, 3.63) is 74.8 Å². The standard InChI is InChI=1S/C17H18N2O3/c1-11-7-4-5-8-14(11)13(3)18-17(20)15-9-6-10-16(12(15)2)19(21)22/h4-10,13H,1-3H3,(H,18,20). The van der Waals surface area contributed by atoms with E-state index in [9.17, 15) is 14.9 Å². The zero-order valence-electron chi connectivity index (χ0n) is 12.8. The molecule has 1 atom stereocenters. The molecule has 0 spiro atoms. The molecule has 0 aliphatic heterocycles. The maximum Gasteiger partial charge on any atom is 0.273 e. The number of hydrogen-bond acceptors (Lipinski definition) is 3. The van der Waals surface area contributed by atoms with E-state index >= 15 is 0 Å². The number of nitrogens with one attached hydrogen (secondary N) is 1. The molecule has 0 bridgehead atoms. The van der Waals surface area contributed by atoms with Crippen LogP contribution in [0.2, 0.25) is 0 Å². The van der Waals surface area contributed by atoms with Crippen molar-refractivity contribution >= 4 is 11.6 Å². The summed E-state index contributed by atoms with van der Waals surface area (Å²) in [6, 6.07) is 12.2. The van der Waals surface area contributed by atoms with Crippen LogP contribution in [0.15, 0.2) is 42.5 Å². The summed E-state index contributed by atoms with van der Waals surface area (Å²) in [7, 11) is 0. The van der Waals surface area contributed by atoms with Crippen LogP contribution < -0.4 is 5.32 Å². The van der Waals surface area contributed by atoms with Gasteiger partial charge in [-0.15, -0.1) is 0 Å². The highest BCUT2D eigenvalue weighted by Gasteiger charge is 2.19. The van der Waals surface area contributed by atoms with Gasteiger partial charge in [0.2, 0.25) is 0 Å². The van der Waals surface area contributed by atoms with Crippen molar-refractivity contribution in [1.29, 1.82) is 0 Å². The van der Waals surface area contributed by atoms with E-state index in [4.69, 9.17) is 0 Å². The second-order valence-electron chi connectivity index (χ2n) is 5.26. The van der Waals surface area contributed by atoms with E-state index in [1.54, 1.807) is 13.0 Å². The van der Waals surface area contributed by atoms with Crippen LogP contribution in [0.4, 0.5) is 5.69 Å². The van der Waals surface area contributed by atoms with E-state index < -0.39 is 4.92 Å². The lowest BCUT2D eigenvalue weighted by Gasteiger charge is -2.17. The molecule has 0 radical (unpaired) electrons. The van der Waals surface area contributed by atoms with Crippen molar-refractivity contribution in [3.8, 4) is 0 Å². The van der Waals surface area contributed by atoms with E-state index in [-0.39, 0.29) is 17.6 Å². The number of hydrogen-bond donors (Lipinski definition) is 1. The second-order valence-corrected chi connectivity index (χ2v) is 5.26. The number of rotatable bonds is 4. The summed E-state index contributed by atoms with van der Waals surface area (Å²) in [6.07, 6.45) is 0. The van der Waals surface area contributed by atoms with Gasteiger partial charge in [-0.2, -0.15) is 0 Å². The SMILES string of the molecule is Cc1ccccc1C(C)NC(=O)c1cccc([N+](=O)[O-])c1C. The van der Waals surface area contributed by atoms with Gasteiger partial charge >= 0.3 is 0 Å². The first-order valence-electron chi connectivity index (χ1n) is 7.02. The van der Waals surface area contributed by atoms with Crippen LogP contribution >= 0.6 is 0 Å². The van der Waals surface area contributed by atoms with Gasteiger partial charge in [-0.25, -0.2) is 0 Å². The fourth-order valence-corrected chi connectivity index (χ4v) is 2.49. The average Bonchev–Trinajstić information content (AvgIpc) is 2.47. The van der Waals surface area contributed by atoms with E-state index in [0.29, 0.717) is 11.1 Å². The minimum Gasteiger partial charge on any atom is -0.345 e. The molecule has 114 valence electrons. The predicted molar refractivity (Wildman–Crippen MR) is 84.9 cm³/mol. The van der Waals surface area contributed by atoms with Crippen LogP contribution in [0.5, 0.6) is 0 Å². The number of carbonyl (C=O) groups is 1. The molecule has 2 aromatic rings. The zero-order valence-corrected chi connectivity index (χ0v) is 12.8. The molecule has 1 unspecified atom stereocenters. The van der Waals surface area contributed by atoms with Crippen molar-refractivity contribution in [3.63, 3.8) is 0 Å². The van der Waals surface area contributed by atoms with Crippen LogP contribution in [-0.4, -0.2) is 10.8 Å². The summed E-state index contributed by atoms with van der Waals surface area (Å²) < 4.78 is 0. The molecule has 0 fully saturated rings. The van der Waals surface area contributed by atoms with E-state index in [0.717, 1.165) is 11.1 Å². The van der Waals surface area contributed by atoms with Crippen molar-refractivity contribution in [2.24, 2.45) is 0 Å². The van der Waals surface area contributed by atoms with Crippen LogP contribution in [0.3, 0.4) is 0 Å². The predicted octanol–water partition coefficient (Wildman–Crippen LogP) is 3.70. The van der Waals surface area contributed by atoms with Crippen molar-refractivity contribution in [2.75, 3.05) is 0 Å². The molecule has 1 amide bonds. The molecular formula is C17H18N2O3. The third kappa shape index (κ3) is 3.14. The van der Waals surface area contributed by atoms with Gasteiger partial charge in [-0.05, 0) is 38.0 Å². The Morgan fingerprint density at radius 2 is 1.82 bits per heavy atom. The van der Waals surface area contributed by atoms with Gasteiger partial charge in [0.05, 0.1) is 11.0 Å². The fraction of sp³-hybridized carbons (Fsp3) is 0.235. The highest BCUT2D eigenvalue weighted by molar-refractivity contribution is 5.96. The summed E-state index contributed by atoms with van der Waals surface area (Å²) in [6.45, 7) is 5.47. The molecule has 0 saturated carbocycles. The fourth-order valence-electron chi connectivity index (χ4n) is 2.49. The van der Waals surface area contributed by atoms with Gasteiger partial charge in [0.25, 0.3) is 11.6 Å². The van der Waals surface area contributed by atoms with Crippen LogP contribution in [0, 0.1) is 24.0 Å². The lowest BCUT2D eigenvalue weighted by molar-refractivity contribution is -0.385.